The van der Waals surface area contributed by atoms with Crippen LogP contribution in [-0.4, -0.2) is 29.0 Å². The molecule has 1 amide bonds. The highest BCUT2D eigenvalue weighted by Gasteiger charge is 2.28. The Hall–Kier alpha value is -2.89. The first kappa shape index (κ1) is 16.6. The molecule has 1 saturated heterocycles. The monoisotopic (exact) mass is 350 g/mol. The molecule has 0 spiro atoms. The van der Waals surface area contributed by atoms with Crippen LogP contribution in [0.1, 0.15) is 24.0 Å². The molecule has 0 saturated carbocycles. The van der Waals surface area contributed by atoms with Gasteiger partial charge in [-0.05, 0) is 56.0 Å². The largest absolute Gasteiger partial charge is 0.423 e. The third-order valence-electron chi connectivity index (χ3n) is 4.76. The number of aryl methyl sites for hydroxylation is 2. The van der Waals surface area contributed by atoms with Crippen molar-refractivity contribution in [2.24, 2.45) is 5.92 Å². The van der Waals surface area contributed by atoms with Gasteiger partial charge in [-0.15, -0.1) is 0 Å². The molecule has 26 heavy (non-hydrogen) atoms. The predicted octanol–water partition coefficient (Wildman–Crippen LogP) is 3.69. The van der Waals surface area contributed by atoms with E-state index in [1.807, 2.05) is 44.2 Å². The van der Waals surface area contributed by atoms with E-state index in [0.717, 1.165) is 41.6 Å². The molecule has 134 valence electrons. The molecule has 1 aromatic carbocycles. The Balaban J connectivity index is 1.47. The molecule has 6 nitrogen and oxygen atoms in total. The van der Waals surface area contributed by atoms with Crippen LogP contribution in [0.15, 0.2) is 40.9 Å². The van der Waals surface area contributed by atoms with Crippen LogP contribution in [0.25, 0.3) is 11.1 Å². The summed E-state index contributed by atoms with van der Waals surface area (Å²) in [7, 11) is 0. The van der Waals surface area contributed by atoms with Crippen molar-refractivity contribution in [3.8, 4) is 0 Å². The number of hydrogen-bond acceptors (Lipinski definition) is 5. The minimum absolute atomic E-state index is 0.00184. The van der Waals surface area contributed by atoms with Crippen LogP contribution in [0.3, 0.4) is 0 Å². The van der Waals surface area contributed by atoms with Gasteiger partial charge in [0.15, 0.2) is 5.58 Å². The van der Waals surface area contributed by atoms with Gasteiger partial charge in [0, 0.05) is 19.3 Å². The fourth-order valence-electron chi connectivity index (χ4n) is 3.30. The summed E-state index contributed by atoms with van der Waals surface area (Å²) in [5.41, 5.74) is 3.85. The second-order valence-electron chi connectivity index (χ2n) is 6.96. The first-order chi connectivity index (χ1) is 12.6. The lowest BCUT2D eigenvalue weighted by atomic mass is 9.97. The maximum Gasteiger partial charge on any atom is 0.298 e. The predicted molar refractivity (Wildman–Crippen MR) is 101 cm³/mol. The second-order valence-corrected chi connectivity index (χ2v) is 6.96. The zero-order valence-corrected chi connectivity index (χ0v) is 15.0. The SMILES string of the molecule is Cc1ccc(NC(=O)C2CCCN(c3nc4cc(C)ccc4o3)C2)nc1. The molecule has 1 unspecified atom stereocenters. The maximum absolute atomic E-state index is 12.6. The summed E-state index contributed by atoms with van der Waals surface area (Å²) in [5, 5.41) is 2.92. The second kappa shape index (κ2) is 6.78. The van der Waals surface area contributed by atoms with Crippen LogP contribution < -0.4 is 10.2 Å². The number of oxazole rings is 1. The molecule has 1 aliphatic heterocycles. The van der Waals surface area contributed by atoms with Gasteiger partial charge in [-0.3, -0.25) is 4.79 Å². The number of piperidine rings is 1. The summed E-state index contributed by atoms with van der Waals surface area (Å²) in [6.07, 6.45) is 3.54. The van der Waals surface area contributed by atoms with Crippen molar-refractivity contribution in [2.75, 3.05) is 23.3 Å². The molecule has 4 rings (SSSR count). The molecule has 1 N–H and O–H groups in total. The molecule has 1 fully saturated rings. The van der Waals surface area contributed by atoms with Crippen LogP contribution in [0.5, 0.6) is 0 Å². The minimum Gasteiger partial charge on any atom is -0.423 e. The van der Waals surface area contributed by atoms with Gasteiger partial charge in [0.1, 0.15) is 11.3 Å². The Morgan fingerprint density at radius 3 is 2.88 bits per heavy atom. The van der Waals surface area contributed by atoms with Gasteiger partial charge in [0.05, 0.1) is 5.92 Å². The van der Waals surface area contributed by atoms with Crippen molar-refractivity contribution in [2.45, 2.75) is 26.7 Å². The number of anilines is 2. The third kappa shape index (κ3) is 3.40. The average Bonchev–Trinajstić information content (AvgIpc) is 3.07. The molecule has 6 heteroatoms. The van der Waals surface area contributed by atoms with E-state index in [2.05, 4.69) is 20.2 Å². The Morgan fingerprint density at radius 1 is 1.23 bits per heavy atom. The first-order valence-electron chi connectivity index (χ1n) is 8.94. The molecular weight excluding hydrogens is 328 g/mol. The number of pyridine rings is 1. The van der Waals surface area contributed by atoms with Crippen LogP contribution in [0.4, 0.5) is 11.8 Å². The van der Waals surface area contributed by atoms with Gasteiger partial charge in [-0.2, -0.15) is 4.98 Å². The van der Waals surface area contributed by atoms with Crippen LogP contribution in [0, 0.1) is 19.8 Å². The van der Waals surface area contributed by atoms with Crippen molar-refractivity contribution in [1.29, 1.82) is 0 Å². The molecule has 3 aromatic rings. The third-order valence-corrected chi connectivity index (χ3v) is 4.76. The number of hydrogen-bond donors (Lipinski definition) is 1. The Bertz CT molecular complexity index is 933. The van der Waals surface area contributed by atoms with Gasteiger partial charge < -0.3 is 14.6 Å². The fraction of sp³-hybridized carbons (Fsp3) is 0.350. The van der Waals surface area contributed by atoms with E-state index in [-0.39, 0.29) is 11.8 Å². The topological polar surface area (TPSA) is 71.3 Å². The van der Waals surface area contributed by atoms with E-state index >= 15 is 0 Å². The lowest BCUT2D eigenvalue weighted by Crippen LogP contribution is -2.41. The highest BCUT2D eigenvalue weighted by atomic mass is 16.4. The highest BCUT2D eigenvalue weighted by Crippen LogP contribution is 2.27. The number of benzene rings is 1. The van der Waals surface area contributed by atoms with E-state index in [0.29, 0.717) is 18.4 Å². The average molecular weight is 350 g/mol. The van der Waals surface area contributed by atoms with Gasteiger partial charge in [-0.25, -0.2) is 4.98 Å². The fourth-order valence-corrected chi connectivity index (χ4v) is 3.30. The van der Waals surface area contributed by atoms with E-state index in [1.165, 1.54) is 0 Å². The van der Waals surface area contributed by atoms with E-state index in [1.54, 1.807) is 6.20 Å². The molecule has 0 bridgehead atoms. The van der Waals surface area contributed by atoms with Crippen molar-refractivity contribution in [3.05, 3.63) is 47.7 Å². The first-order valence-corrected chi connectivity index (χ1v) is 8.94. The Morgan fingerprint density at radius 2 is 2.08 bits per heavy atom. The normalized spacial score (nSPS) is 17.5. The number of carbonyl (C=O) groups is 1. The Labute approximate surface area is 152 Å². The number of carbonyl (C=O) groups excluding carboxylic acids is 1. The zero-order chi connectivity index (χ0) is 18.1. The summed E-state index contributed by atoms with van der Waals surface area (Å²) in [6, 6.07) is 10.3. The number of amides is 1. The number of aromatic nitrogens is 2. The van der Waals surface area contributed by atoms with Crippen LogP contribution in [-0.2, 0) is 4.79 Å². The van der Waals surface area contributed by atoms with Gasteiger partial charge in [-0.1, -0.05) is 12.1 Å². The summed E-state index contributed by atoms with van der Waals surface area (Å²) in [6.45, 7) is 5.45. The van der Waals surface area contributed by atoms with Gasteiger partial charge in [0.2, 0.25) is 5.91 Å². The van der Waals surface area contributed by atoms with E-state index in [4.69, 9.17) is 4.42 Å². The summed E-state index contributed by atoms with van der Waals surface area (Å²) >= 11 is 0. The molecule has 2 aromatic heterocycles. The standard InChI is InChI=1S/C20H22N4O2/c1-13-5-7-17-16(10-13)22-20(26-17)24-9-3-4-15(12-24)19(25)23-18-8-6-14(2)11-21-18/h5-8,10-11,15H,3-4,9,12H2,1-2H3,(H,21,23,25). The number of nitrogens with one attached hydrogen (secondary N) is 1. The molecule has 1 atom stereocenters. The van der Waals surface area contributed by atoms with Gasteiger partial charge in [0.25, 0.3) is 6.01 Å². The summed E-state index contributed by atoms with van der Waals surface area (Å²) in [4.78, 5) is 23.5. The number of fused-ring (bicyclic) bond motifs is 1. The van der Waals surface area contributed by atoms with Crippen molar-refractivity contribution in [3.63, 3.8) is 0 Å². The van der Waals surface area contributed by atoms with E-state index in [9.17, 15) is 4.79 Å². The smallest absolute Gasteiger partial charge is 0.298 e. The lowest BCUT2D eigenvalue weighted by Gasteiger charge is -2.30. The van der Waals surface area contributed by atoms with Crippen LogP contribution in [0.2, 0.25) is 0 Å². The molecule has 1 aliphatic rings. The highest BCUT2D eigenvalue weighted by molar-refractivity contribution is 5.92. The zero-order valence-electron chi connectivity index (χ0n) is 15.0. The van der Waals surface area contributed by atoms with Crippen molar-refractivity contribution in [1.82, 2.24) is 9.97 Å². The number of nitrogens with zero attached hydrogens (tertiary/aromatic N) is 3. The quantitative estimate of drug-likeness (QED) is 0.780. The Kier molecular flexibility index (Phi) is 4.32. The molecule has 0 radical (unpaired) electrons. The molecule has 3 heterocycles. The molecular formula is C20H22N4O2. The lowest BCUT2D eigenvalue weighted by molar-refractivity contribution is -0.120. The number of rotatable bonds is 3. The van der Waals surface area contributed by atoms with Crippen molar-refractivity contribution >= 4 is 28.8 Å². The van der Waals surface area contributed by atoms with E-state index < -0.39 is 0 Å². The summed E-state index contributed by atoms with van der Waals surface area (Å²) < 4.78 is 5.89. The maximum atomic E-state index is 12.6. The summed E-state index contributed by atoms with van der Waals surface area (Å²) in [5.74, 6) is 0.483. The minimum atomic E-state index is -0.108. The van der Waals surface area contributed by atoms with Gasteiger partial charge >= 0.3 is 0 Å². The van der Waals surface area contributed by atoms with Crippen molar-refractivity contribution < 1.29 is 9.21 Å². The molecule has 0 aliphatic carbocycles. The van der Waals surface area contributed by atoms with Crippen LogP contribution >= 0.6 is 0 Å².